The maximum Gasteiger partial charge on any atom is 0.419 e. The summed E-state index contributed by atoms with van der Waals surface area (Å²) in [6, 6.07) is 2.91. The molecule has 2 heterocycles. The van der Waals surface area contributed by atoms with Gasteiger partial charge in [-0.15, -0.1) is 0 Å². The first-order chi connectivity index (χ1) is 14.4. The zero-order valence-electron chi connectivity index (χ0n) is 16.3. The Morgan fingerprint density at radius 3 is 2.74 bits per heavy atom. The van der Waals surface area contributed by atoms with Gasteiger partial charge >= 0.3 is 12.1 Å². The molecule has 31 heavy (non-hydrogen) atoms. The maximum atomic E-state index is 14.7. The molecule has 0 bridgehead atoms. The minimum Gasteiger partial charge on any atom is -0.385 e. The van der Waals surface area contributed by atoms with E-state index in [9.17, 15) is 22.8 Å². The van der Waals surface area contributed by atoms with Gasteiger partial charge in [-0.2, -0.15) is 5.10 Å². The largest absolute Gasteiger partial charge is 0.419 e. The molecule has 1 aromatic heterocycles. The lowest BCUT2D eigenvalue weighted by atomic mass is 9.85. The second kappa shape index (κ2) is 8.19. The summed E-state index contributed by atoms with van der Waals surface area (Å²) >= 11 is 5.81. The van der Waals surface area contributed by atoms with Crippen molar-refractivity contribution in [2.24, 2.45) is 17.8 Å². The van der Waals surface area contributed by atoms with Gasteiger partial charge in [0.15, 0.2) is 11.2 Å². The molecular weight excluding hydrogens is 443 g/mol. The summed E-state index contributed by atoms with van der Waals surface area (Å²) in [4.78, 5) is 27.8. The number of ether oxygens (including phenoxy) is 2. The highest BCUT2D eigenvalue weighted by atomic mass is 35.5. The van der Waals surface area contributed by atoms with Crippen LogP contribution in [0.25, 0.3) is 0 Å². The van der Waals surface area contributed by atoms with E-state index in [2.05, 4.69) is 20.1 Å². The number of carbonyl (C=O) groups excluding carboxylic acids is 2. The van der Waals surface area contributed by atoms with Crippen LogP contribution in [-0.2, 0) is 22.1 Å². The molecule has 0 aliphatic carbocycles. The molecule has 1 aliphatic rings. The molecule has 0 saturated carbocycles. The van der Waals surface area contributed by atoms with Crippen LogP contribution in [0.15, 0.2) is 29.4 Å². The molecule has 166 valence electrons. The minimum absolute atomic E-state index is 0.0365. The number of aryl methyl sites for hydroxylation is 1. The Balaban J connectivity index is 1.85. The van der Waals surface area contributed by atoms with Crippen LogP contribution in [0.4, 0.5) is 23.7 Å². The van der Waals surface area contributed by atoms with Crippen LogP contribution in [0.5, 0.6) is 0 Å². The van der Waals surface area contributed by atoms with Crippen LogP contribution in [-0.4, -0.2) is 46.8 Å². The summed E-state index contributed by atoms with van der Waals surface area (Å²) in [6.45, 7) is -0.372. The Bertz CT molecular complexity index is 1070. The molecule has 0 radical (unpaired) electrons. The van der Waals surface area contributed by atoms with Crippen LogP contribution in [0.3, 0.4) is 0 Å². The van der Waals surface area contributed by atoms with Crippen molar-refractivity contribution in [1.29, 1.82) is 0 Å². The van der Waals surface area contributed by atoms with Gasteiger partial charge in [0.2, 0.25) is 0 Å². The molecule has 9 nitrogen and oxygen atoms in total. The number of rotatable bonds is 3. The summed E-state index contributed by atoms with van der Waals surface area (Å²) < 4.78 is 54.6. The third kappa shape index (κ3) is 4.49. The second-order valence-corrected chi connectivity index (χ2v) is 7.28. The number of amides is 1. The van der Waals surface area contributed by atoms with Crippen LogP contribution in [0.1, 0.15) is 23.0 Å². The first-order valence-electron chi connectivity index (χ1n) is 8.75. The Hall–Kier alpha value is -3.12. The molecular formula is C18H17ClF3N5O4. The van der Waals surface area contributed by atoms with Crippen molar-refractivity contribution in [2.45, 2.75) is 18.4 Å². The third-order valence-electron chi connectivity index (χ3n) is 4.51. The summed E-state index contributed by atoms with van der Waals surface area (Å²) in [5.41, 5.74) is 2.22. The van der Waals surface area contributed by atoms with Crippen molar-refractivity contribution >= 4 is 35.2 Å². The fourth-order valence-electron chi connectivity index (χ4n) is 2.93. The molecule has 1 aromatic carbocycles. The number of anilines is 1. The predicted molar refractivity (Wildman–Crippen MR) is 104 cm³/mol. The zero-order chi connectivity index (χ0) is 23.0. The summed E-state index contributed by atoms with van der Waals surface area (Å²) in [7, 11) is 1.51. The lowest BCUT2D eigenvalue weighted by Crippen LogP contribution is -2.45. The normalized spacial score (nSPS) is 20.5. The van der Waals surface area contributed by atoms with Gasteiger partial charge in [0.1, 0.15) is 24.9 Å². The fourth-order valence-corrected chi connectivity index (χ4v) is 3.19. The number of halogens is 4. The van der Waals surface area contributed by atoms with Crippen LogP contribution in [0.2, 0.25) is 5.02 Å². The van der Waals surface area contributed by atoms with E-state index in [1.807, 2.05) is 0 Å². The number of alkyl halides is 2. The molecule has 3 N–H and O–H groups in total. The van der Waals surface area contributed by atoms with E-state index < -0.39 is 41.5 Å². The number of hydrogen-bond donors (Lipinski definition) is 2. The molecule has 1 unspecified atom stereocenters. The Morgan fingerprint density at radius 1 is 1.39 bits per heavy atom. The van der Waals surface area contributed by atoms with Gasteiger partial charge in [-0.05, 0) is 25.1 Å². The summed E-state index contributed by atoms with van der Waals surface area (Å²) in [5, 5.41) is 5.89. The highest BCUT2D eigenvalue weighted by molar-refractivity contribution is 6.33. The van der Waals surface area contributed by atoms with E-state index in [4.69, 9.17) is 22.1 Å². The molecule has 1 aliphatic heterocycles. The average molecular weight is 460 g/mol. The first-order valence-corrected chi connectivity index (χ1v) is 9.13. The number of hydrogen-bond acceptors (Lipinski definition) is 7. The van der Waals surface area contributed by atoms with Crippen molar-refractivity contribution in [2.75, 3.05) is 18.5 Å². The zero-order valence-corrected chi connectivity index (χ0v) is 17.0. The number of aliphatic imine (C=N–C) groups is 1. The van der Waals surface area contributed by atoms with Crippen molar-refractivity contribution in [1.82, 2.24) is 9.78 Å². The lowest BCUT2D eigenvalue weighted by Gasteiger charge is -2.33. The topological polar surface area (TPSA) is 121 Å². The van der Waals surface area contributed by atoms with Crippen LogP contribution >= 0.6 is 11.6 Å². The van der Waals surface area contributed by atoms with Crippen molar-refractivity contribution in [3.05, 3.63) is 46.5 Å². The quantitative estimate of drug-likeness (QED) is 0.538. The molecule has 0 saturated heterocycles. The van der Waals surface area contributed by atoms with Crippen molar-refractivity contribution in [3.63, 3.8) is 0 Å². The molecule has 1 amide bonds. The highest BCUT2D eigenvalue weighted by Gasteiger charge is 2.54. The van der Waals surface area contributed by atoms with E-state index in [-0.39, 0.29) is 28.8 Å². The van der Waals surface area contributed by atoms with Crippen LogP contribution in [0, 0.1) is 5.82 Å². The van der Waals surface area contributed by atoms with Gasteiger partial charge in [0.25, 0.3) is 5.92 Å². The number of benzene rings is 1. The van der Waals surface area contributed by atoms with E-state index in [0.717, 1.165) is 25.1 Å². The maximum absolute atomic E-state index is 14.7. The number of nitrogens with zero attached hydrogens (tertiary/aromatic N) is 3. The van der Waals surface area contributed by atoms with E-state index in [1.54, 1.807) is 0 Å². The number of aromatic nitrogens is 2. The second-order valence-electron chi connectivity index (χ2n) is 6.87. The summed E-state index contributed by atoms with van der Waals surface area (Å²) in [5.74, 6) is -5.99. The van der Waals surface area contributed by atoms with Gasteiger partial charge in [0.05, 0.1) is 5.02 Å². The van der Waals surface area contributed by atoms with E-state index in [0.29, 0.717) is 0 Å². The van der Waals surface area contributed by atoms with Crippen molar-refractivity contribution < 1.29 is 32.2 Å². The fraction of sp³-hybridized carbons (Fsp3) is 0.333. The number of esters is 1. The van der Waals surface area contributed by atoms with Gasteiger partial charge in [-0.25, -0.2) is 22.8 Å². The Labute approximate surface area is 179 Å². The van der Waals surface area contributed by atoms with Gasteiger partial charge in [0, 0.05) is 24.5 Å². The first kappa shape index (κ1) is 22.6. The van der Waals surface area contributed by atoms with Gasteiger partial charge in [-0.3, -0.25) is 15.0 Å². The highest BCUT2D eigenvalue weighted by Crippen LogP contribution is 2.44. The standard InChI is InChI=1S/C18H17ClF3N5O4/c1-17(18(21,22)8-30-7-13(23)25-17)10-5-9(3-4-12(10)20)24-16(29)31-15(28)14-11(19)6-27(2)26-14/h3-6H,7-8H2,1-2H3,(H2,23,25)(H,24,29). The average Bonchev–Trinajstić information content (AvgIpc) is 2.95. The smallest absolute Gasteiger partial charge is 0.385 e. The monoisotopic (exact) mass is 459 g/mol. The van der Waals surface area contributed by atoms with Crippen LogP contribution < -0.4 is 11.1 Å². The number of amidine groups is 1. The Morgan fingerprint density at radius 2 is 2.10 bits per heavy atom. The van der Waals surface area contributed by atoms with Crippen molar-refractivity contribution in [3.8, 4) is 0 Å². The number of carbonyl (C=O) groups is 2. The molecule has 1 atom stereocenters. The molecule has 2 aromatic rings. The molecule has 13 heteroatoms. The summed E-state index contributed by atoms with van der Waals surface area (Å²) in [6.07, 6.45) is 0.0691. The number of nitrogens with one attached hydrogen (secondary N) is 1. The van der Waals surface area contributed by atoms with Gasteiger partial charge in [-0.1, -0.05) is 11.6 Å². The molecule has 3 rings (SSSR count). The Kier molecular flexibility index (Phi) is 5.96. The third-order valence-corrected chi connectivity index (χ3v) is 4.79. The predicted octanol–water partition coefficient (Wildman–Crippen LogP) is 2.84. The SMILES string of the molecule is Cn1cc(Cl)c(C(=O)OC(=O)Nc2ccc(F)c(C3(C)N=C(N)COCC3(F)F)c2)n1. The number of nitrogens with two attached hydrogens (primary N) is 1. The lowest BCUT2D eigenvalue weighted by molar-refractivity contribution is -0.116. The van der Waals surface area contributed by atoms with E-state index in [1.165, 1.54) is 17.9 Å². The van der Waals surface area contributed by atoms with Gasteiger partial charge < -0.3 is 15.2 Å². The van der Waals surface area contributed by atoms with E-state index >= 15 is 0 Å². The molecule has 0 fully saturated rings. The minimum atomic E-state index is -3.61. The molecule has 0 spiro atoms.